The average Bonchev–Trinajstić information content (AvgIpc) is 2.93. The lowest BCUT2D eigenvalue weighted by Crippen LogP contribution is -2.25. The molecule has 0 aliphatic rings. The van der Waals surface area contributed by atoms with Crippen molar-refractivity contribution in [2.24, 2.45) is 22.9 Å². The number of nitrogens with two attached hydrogens (primary N) is 5. The summed E-state index contributed by atoms with van der Waals surface area (Å²) < 4.78 is 0. The van der Waals surface area contributed by atoms with E-state index >= 15 is 0 Å². The Morgan fingerprint density at radius 1 is 0.732 bits per heavy atom. The molecule has 0 radical (unpaired) electrons. The van der Waals surface area contributed by atoms with Crippen molar-refractivity contribution in [2.75, 3.05) is 38.7 Å². The molecular formula is C31H44N10. The monoisotopic (exact) mass is 556 g/mol. The highest BCUT2D eigenvalue weighted by atomic mass is 15.2. The van der Waals surface area contributed by atoms with E-state index in [4.69, 9.17) is 28.7 Å². The van der Waals surface area contributed by atoms with Gasteiger partial charge in [-0.15, -0.1) is 0 Å². The summed E-state index contributed by atoms with van der Waals surface area (Å²) in [7, 11) is 5.60. The van der Waals surface area contributed by atoms with E-state index in [0.29, 0.717) is 53.3 Å². The second-order valence-electron chi connectivity index (χ2n) is 9.56. The predicted octanol–water partition coefficient (Wildman–Crippen LogP) is 3.10. The van der Waals surface area contributed by atoms with Crippen molar-refractivity contribution in [3.05, 3.63) is 133 Å². The Kier molecular flexibility index (Phi) is 11.9. The van der Waals surface area contributed by atoms with Crippen LogP contribution in [0.1, 0.15) is 17.5 Å². The zero-order valence-electron chi connectivity index (χ0n) is 24.2. The predicted molar refractivity (Wildman–Crippen MR) is 174 cm³/mol. The summed E-state index contributed by atoms with van der Waals surface area (Å²) in [5, 5.41) is 9.52. The van der Waals surface area contributed by atoms with Crippen molar-refractivity contribution < 1.29 is 0 Å². The van der Waals surface area contributed by atoms with Gasteiger partial charge in [0.05, 0.1) is 11.6 Å². The van der Waals surface area contributed by atoms with Crippen molar-refractivity contribution >= 4 is 22.8 Å². The number of rotatable bonds is 15. The van der Waals surface area contributed by atoms with Gasteiger partial charge in [-0.3, -0.25) is 0 Å². The van der Waals surface area contributed by atoms with Crippen molar-refractivity contribution in [3.63, 3.8) is 0 Å². The number of nitrogens with zero attached hydrogens (tertiary/aromatic N) is 2. The fraction of sp³-hybridized carbons (Fsp3) is 0.161. The van der Waals surface area contributed by atoms with Gasteiger partial charge in [0.25, 0.3) is 0 Å². The minimum Gasteiger partial charge on any atom is -0.398 e. The number of hydrogen-bond donors (Lipinski definition) is 8. The highest BCUT2D eigenvalue weighted by Crippen LogP contribution is 2.23. The Balaban J connectivity index is 1.94. The fourth-order valence-corrected chi connectivity index (χ4v) is 3.50. The molecule has 0 spiro atoms. The van der Waals surface area contributed by atoms with Gasteiger partial charge in [-0.2, -0.15) is 0 Å². The molecule has 10 heteroatoms. The molecule has 2 aromatic rings. The normalized spacial score (nSPS) is 12.4. The molecule has 0 heterocycles. The van der Waals surface area contributed by atoms with Crippen molar-refractivity contribution in [3.8, 4) is 0 Å². The molecule has 0 saturated heterocycles. The molecule has 0 fully saturated rings. The van der Waals surface area contributed by atoms with Crippen LogP contribution in [0.5, 0.6) is 0 Å². The van der Waals surface area contributed by atoms with Crippen molar-refractivity contribution in [2.45, 2.75) is 6.42 Å². The number of allylic oxidation sites excluding steroid dienone is 4. The summed E-state index contributed by atoms with van der Waals surface area (Å²) in [5.41, 5.74) is 35.5. The Morgan fingerprint density at radius 3 is 1.83 bits per heavy atom. The molecule has 41 heavy (non-hydrogen) atoms. The van der Waals surface area contributed by atoms with Crippen LogP contribution in [0.4, 0.5) is 11.4 Å². The smallest absolute Gasteiger partial charge is 0.101 e. The lowest BCUT2D eigenvalue weighted by atomic mass is 10.1. The largest absolute Gasteiger partial charge is 0.398 e. The molecule has 0 aromatic heterocycles. The second-order valence-corrected chi connectivity index (χ2v) is 9.56. The summed E-state index contributed by atoms with van der Waals surface area (Å²) in [4.78, 5) is 3.69. The van der Waals surface area contributed by atoms with Crippen LogP contribution in [0, 0.1) is 0 Å². The highest BCUT2D eigenvalue weighted by Gasteiger charge is 2.09. The van der Waals surface area contributed by atoms with E-state index in [9.17, 15) is 0 Å². The molecule has 0 saturated carbocycles. The lowest BCUT2D eigenvalue weighted by Gasteiger charge is -2.21. The zero-order chi connectivity index (χ0) is 30.5. The van der Waals surface area contributed by atoms with Crippen LogP contribution in [-0.4, -0.2) is 37.5 Å². The van der Waals surface area contributed by atoms with Gasteiger partial charge in [0.15, 0.2) is 0 Å². The molecule has 13 N–H and O–H groups in total. The van der Waals surface area contributed by atoms with E-state index < -0.39 is 0 Å². The van der Waals surface area contributed by atoms with Crippen LogP contribution in [-0.2, 0) is 0 Å². The van der Waals surface area contributed by atoms with Crippen LogP contribution in [0.3, 0.4) is 0 Å². The Hall–Kier alpha value is -5.38. The number of para-hydroxylation sites is 2. The van der Waals surface area contributed by atoms with E-state index in [1.165, 1.54) is 0 Å². The highest BCUT2D eigenvalue weighted by molar-refractivity contribution is 5.76. The summed E-state index contributed by atoms with van der Waals surface area (Å²) in [6.45, 7) is 12.9. The van der Waals surface area contributed by atoms with E-state index in [1.54, 1.807) is 35.3 Å². The SMILES string of the molecule is C=C(CCN(C)/C(N)=C/C=C(\N)NC(=C)c1ccccc1N)Nc1ccccc1C(=C)N/C(N)=C/C=C(\N)N(C)C. The van der Waals surface area contributed by atoms with Gasteiger partial charge in [0, 0.05) is 73.7 Å². The van der Waals surface area contributed by atoms with Gasteiger partial charge in [0.1, 0.15) is 11.6 Å². The molecule has 0 bridgehead atoms. The molecule has 2 aromatic carbocycles. The number of nitrogens with one attached hydrogen (secondary N) is 3. The summed E-state index contributed by atoms with van der Waals surface area (Å²) >= 11 is 0. The molecule has 218 valence electrons. The maximum Gasteiger partial charge on any atom is 0.101 e. The van der Waals surface area contributed by atoms with E-state index in [-0.39, 0.29) is 0 Å². The molecule has 0 atom stereocenters. The minimum atomic E-state index is 0.388. The van der Waals surface area contributed by atoms with Crippen LogP contribution in [0.2, 0.25) is 0 Å². The molecule has 0 amide bonds. The maximum absolute atomic E-state index is 6.26. The van der Waals surface area contributed by atoms with E-state index in [1.807, 2.05) is 68.5 Å². The van der Waals surface area contributed by atoms with Crippen LogP contribution >= 0.6 is 0 Å². The van der Waals surface area contributed by atoms with E-state index in [0.717, 1.165) is 22.5 Å². The molecule has 2 rings (SSSR count). The van der Waals surface area contributed by atoms with Crippen LogP contribution in [0.25, 0.3) is 11.4 Å². The molecule has 0 aliphatic heterocycles. The van der Waals surface area contributed by atoms with Crippen molar-refractivity contribution in [1.29, 1.82) is 0 Å². The van der Waals surface area contributed by atoms with Gasteiger partial charge in [0.2, 0.25) is 0 Å². The first-order valence-electron chi connectivity index (χ1n) is 12.9. The lowest BCUT2D eigenvalue weighted by molar-refractivity contribution is 0.417. The third-order valence-corrected chi connectivity index (χ3v) is 6.01. The quantitative estimate of drug-likeness (QED) is 0.120. The standard InChI is InChI=1S/C31H44N10/c1-21(37-27-14-10-8-12-25(27)23(3)39-28(33)15-17-30(35)40(4)5)19-20-41(6)31(36)18-16-29(34)38-22(2)24-11-7-9-13-26(24)32/h7-18,37-39H,1-3,19-20,32-36H2,4-6H3/b28-15+,29-16+,30-17+,31-18+. The Labute approximate surface area is 243 Å². The van der Waals surface area contributed by atoms with E-state index in [2.05, 4.69) is 35.7 Å². The Morgan fingerprint density at radius 2 is 1.24 bits per heavy atom. The summed E-state index contributed by atoms with van der Waals surface area (Å²) in [6, 6.07) is 15.2. The number of anilines is 2. The molecule has 0 aliphatic carbocycles. The van der Waals surface area contributed by atoms with Gasteiger partial charge >= 0.3 is 0 Å². The van der Waals surface area contributed by atoms with Crippen molar-refractivity contribution in [1.82, 2.24) is 20.4 Å². The molecular weight excluding hydrogens is 512 g/mol. The first-order chi connectivity index (χ1) is 19.4. The fourth-order valence-electron chi connectivity index (χ4n) is 3.50. The Bertz CT molecular complexity index is 1360. The van der Waals surface area contributed by atoms with Crippen LogP contribution < -0.4 is 44.6 Å². The molecule has 10 nitrogen and oxygen atoms in total. The topological polar surface area (TPSA) is 173 Å². The number of nitrogen functional groups attached to an aromatic ring is 1. The first kappa shape index (κ1) is 31.8. The summed E-state index contributed by atoms with van der Waals surface area (Å²) in [6.07, 6.45) is 7.46. The van der Waals surface area contributed by atoms with Crippen LogP contribution in [0.15, 0.2) is 122 Å². The first-order valence-corrected chi connectivity index (χ1v) is 12.9. The maximum atomic E-state index is 6.26. The third kappa shape index (κ3) is 10.4. The minimum absolute atomic E-state index is 0.388. The average molecular weight is 557 g/mol. The zero-order valence-corrected chi connectivity index (χ0v) is 24.2. The van der Waals surface area contributed by atoms with Gasteiger partial charge in [-0.1, -0.05) is 56.1 Å². The van der Waals surface area contributed by atoms with Gasteiger partial charge in [-0.25, -0.2) is 0 Å². The second kappa shape index (κ2) is 15.3. The number of hydrogen-bond acceptors (Lipinski definition) is 10. The number of benzene rings is 2. The van der Waals surface area contributed by atoms with Gasteiger partial charge in [-0.05, 0) is 36.4 Å². The third-order valence-electron chi connectivity index (χ3n) is 6.01. The summed E-state index contributed by atoms with van der Waals surface area (Å²) in [5.74, 6) is 1.92. The molecule has 0 unspecified atom stereocenters. The van der Waals surface area contributed by atoms with Gasteiger partial charge < -0.3 is 54.4 Å².